The van der Waals surface area contributed by atoms with Gasteiger partial charge in [-0.2, -0.15) is 0 Å². The molecule has 1 N–H and O–H groups in total. The standard InChI is InChI=1S/C17H27NO2/c1-5-16(6-2)18(9-10-19)12-17(20)15-8-7-13(3)14(4)11-15/h7-8,11,16,19H,5-6,9-10,12H2,1-4H3. The normalized spacial score (nSPS) is 11.3. The van der Waals surface area contributed by atoms with Gasteiger partial charge in [-0.05, 0) is 43.9 Å². The zero-order valence-electron chi connectivity index (χ0n) is 13.1. The maximum atomic E-state index is 12.4. The highest BCUT2D eigenvalue weighted by Gasteiger charge is 2.18. The Balaban J connectivity index is 2.81. The lowest BCUT2D eigenvalue weighted by Gasteiger charge is -2.29. The number of carbonyl (C=O) groups excluding carboxylic acids is 1. The lowest BCUT2D eigenvalue weighted by molar-refractivity contribution is 0.0850. The van der Waals surface area contributed by atoms with Crippen LogP contribution in [-0.2, 0) is 0 Å². The Hall–Kier alpha value is -1.19. The molecule has 0 aliphatic heterocycles. The zero-order valence-corrected chi connectivity index (χ0v) is 13.1. The molecule has 0 heterocycles. The highest BCUT2D eigenvalue weighted by molar-refractivity contribution is 5.97. The largest absolute Gasteiger partial charge is 0.395 e. The third-order valence-corrected chi connectivity index (χ3v) is 4.02. The van der Waals surface area contributed by atoms with Crippen LogP contribution >= 0.6 is 0 Å². The molecule has 3 heteroatoms. The molecule has 3 nitrogen and oxygen atoms in total. The first-order chi connectivity index (χ1) is 9.53. The molecule has 0 aliphatic rings. The second-order valence-corrected chi connectivity index (χ2v) is 5.39. The highest BCUT2D eigenvalue weighted by Crippen LogP contribution is 2.13. The molecular weight excluding hydrogens is 250 g/mol. The first-order valence-electron chi connectivity index (χ1n) is 7.48. The average Bonchev–Trinajstić information content (AvgIpc) is 2.43. The van der Waals surface area contributed by atoms with E-state index in [4.69, 9.17) is 0 Å². The smallest absolute Gasteiger partial charge is 0.176 e. The van der Waals surface area contributed by atoms with Crippen molar-refractivity contribution >= 4 is 5.78 Å². The summed E-state index contributed by atoms with van der Waals surface area (Å²) in [5.74, 6) is 0.133. The van der Waals surface area contributed by atoms with Crippen LogP contribution in [-0.4, -0.2) is 41.5 Å². The summed E-state index contributed by atoms with van der Waals surface area (Å²) in [6.45, 7) is 9.36. The van der Waals surface area contributed by atoms with Gasteiger partial charge in [0.25, 0.3) is 0 Å². The Labute approximate surface area is 122 Å². The molecule has 0 spiro atoms. The number of benzene rings is 1. The van der Waals surface area contributed by atoms with E-state index in [1.165, 1.54) is 5.56 Å². The fraction of sp³-hybridized carbons (Fsp3) is 0.588. The van der Waals surface area contributed by atoms with Crippen molar-refractivity contribution in [1.29, 1.82) is 0 Å². The summed E-state index contributed by atoms with van der Waals surface area (Å²) in [6, 6.07) is 6.21. The number of aliphatic hydroxyl groups excluding tert-OH is 1. The van der Waals surface area contributed by atoms with Gasteiger partial charge in [-0.25, -0.2) is 0 Å². The van der Waals surface area contributed by atoms with E-state index in [9.17, 15) is 9.90 Å². The Kier molecular flexibility index (Phi) is 6.89. The van der Waals surface area contributed by atoms with Crippen molar-refractivity contribution in [2.45, 2.75) is 46.6 Å². The van der Waals surface area contributed by atoms with Crippen LogP contribution in [0.15, 0.2) is 18.2 Å². The third kappa shape index (κ3) is 4.43. The van der Waals surface area contributed by atoms with Gasteiger partial charge in [0.1, 0.15) is 0 Å². The Morgan fingerprint density at radius 1 is 1.20 bits per heavy atom. The van der Waals surface area contributed by atoms with Gasteiger partial charge in [-0.1, -0.05) is 26.0 Å². The molecule has 20 heavy (non-hydrogen) atoms. The monoisotopic (exact) mass is 277 g/mol. The summed E-state index contributed by atoms with van der Waals surface area (Å²) in [5.41, 5.74) is 3.11. The second kappa shape index (κ2) is 8.18. The SMILES string of the molecule is CCC(CC)N(CCO)CC(=O)c1ccc(C)c(C)c1. The first kappa shape index (κ1) is 16.9. The molecule has 1 aromatic carbocycles. The summed E-state index contributed by atoms with van der Waals surface area (Å²) in [6.07, 6.45) is 1.99. The van der Waals surface area contributed by atoms with Crippen molar-refractivity contribution < 1.29 is 9.90 Å². The topological polar surface area (TPSA) is 40.5 Å². The summed E-state index contributed by atoms with van der Waals surface area (Å²) in [7, 11) is 0. The summed E-state index contributed by atoms with van der Waals surface area (Å²) >= 11 is 0. The van der Waals surface area contributed by atoms with Gasteiger partial charge in [0, 0.05) is 18.2 Å². The number of nitrogens with zero attached hydrogens (tertiary/aromatic N) is 1. The molecule has 1 aromatic rings. The lowest BCUT2D eigenvalue weighted by Crippen LogP contribution is -2.40. The van der Waals surface area contributed by atoms with Crippen LogP contribution < -0.4 is 0 Å². The fourth-order valence-electron chi connectivity index (χ4n) is 2.51. The van der Waals surface area contributed by atoms with Crippen LogP contribution in [0.1, 0.15) is 48.2 Å². The predicted octanol–water partition coefficient (Wildman–Crippen LogP) is 2.97. The van der Waals surface area contributed by atoms with Crippen LogP contribution in [0.5, 0.6) is 0 Å². The van der Waals surface area contributed by atoms with E-state index in [1.807, 2.05) is 32.0 Å². The van der Waals surface area contributed by atoms with Crippen LogP contribution in [0, 0.1) is 13.8 Å². The van der Waals surface area contributed by atoms with Gasteiger partial charge >= 0.3 is 0 Å². The molecule has 1 rings (SSSR count). The van der Waals surface area contributed by atoms with Crippen LogP contribution in [0.3, 0.4) is 0 Å². The molecule has 0 radical (unpaired) electrons. The van der Waals surface area contributed by atoms with E-state index in [-0.39, 0.29) is 12.4 Å². The molecule has 112 valence electrons. The molecule has 0 amide bonds. The number of carbonyl (C=O) groups is 1. The molecule has 0 bridgehead atoms. The van der Waals surface area contributed by atoms with Gasteiger partial charge in [-0.15, -0.1) is 0 Å². The van der Waals surface area contributed by atoms with Crippen LogP contribution in [0.4, 0.5) is 0 Å². The first-order valence-corrected chi connectivity index (χ1v) is 7.48. The van der Waals surface area contributed by atoms with Crippen LogP contribution in [0.25, 0.3) is 0 Å². The number of Topliss-reactive ketones (excluding diaryl/α,β-unsaturated/α-hetero) is 1. The molecule has 0 unspecified atom stereocenters. The molecule has 0 saturated carbocycles. The van der Waals surface area contributed by atoms with Crippen LogP contribution in [0.2, 0.25) is 0 Å². The lowest BCUT2D eigenvalue weighted by atomic mass is 10.0. The van der Waals surface area contributed by atoms with Crippen molar-refractivity contribution in [1.82, 2.24) is 4.90 Å². The van der Waals surface area contributed by atoms with Crippen molar-refractivity contribution in [2.75, 3.05) is 19.7 Å². The number of hydrogen-bond donors (Lipinski definition) is 1. The van der Waals surface area contributed by atoms with E-state index in [0.717, 1.165) is 24.0 Å². The minimum absolute atomic E-state index is 0.0940. The van der Waals surface area contributed by atoms with Gasteiger partial charge in [0.15, 0.2) is 5.78 Å². The van der Waals surface area contributed by atoms with Crippen molar-refractivity contribution in [3.8, 4) is 0 Å². The van der Waals surface area contributed by atoms with E-state index in [0.29, 0.717) is 19.1 Å². The summed E-state index contributed by atoms with van der Waals surface area (Å²) in [5, 5.41) is 9.19. The van der Waals surface area contributed by atoms with Crippen molar-refractivity contribution in [3.05, 3.63) is 34.9 Å². The molecule has 0 atom stereocenters. The van der Waals surface area contributed by atoms with E-state index in [1.54, 1.807) is 0 Å². The summed E-state index contributed by atoms with van der Waals surface area (Å²) < 4.78 is 0. The maximum absolute atomic E-state index is 12.4. The molecule has 0 saturated heterocycles. The predicted molar refractivity (Wildman–Crippen MR) is 83.3 cm³/mol. The minimum atomic E-state index is 0.0940. The van der Waals surface area contributed by atoms with Gasteiger partial charge < -0.3 is 5.11 Å². The number of rotatable bonds is 8. The third-order valence-electron chi connectivity index (χ3n) is 4.02. The second-order valence-electron chi connectivity index (χ2n) is 5.39. The van der Waals surface area contributed by atoms with Gasteiger partial charge in [0.2, 0.25) is 0 Å². The van der Waals surface area contributed by atoms with E-state index >= 15 is 0 Å². The van der Waals surface area contributed by atoms with Gasteiger partial charge in [0.05, 0.1) is 13.2 Å². The van der Waals surface area contributed by atoms with Crippen molar-refractivity contribution in [2.24, 2.45) is 0 Å². The number of ketones is 1. The quantitative estimate of drug-likeness (QED) is 0.743. The molecular formula is C17H27NO2. The molecule has 0 aliphatic carbocycles. The Morgan fingerprint density at radius 3 is 2.35 bits per heavy atom. The number of aryl methyl sites for hydroxylation is 2. The van der Waals surface area contributed by atoms with E-state index < -0.39 is 0 Å². The Bertz CT molecular complexity index is 439. The number of hydrogen-bond acceptors (Lipinski definition) is 3. The number of aliphatic hydroxyl groups is 1. The van der Waals surface area contributed by atoms with Gasteiger partial charge in [-0.3, -0.25) is 9.69 Å². The van der Waals surface area contributed by atoms with Crippen molar-refractivity contribution in [3.63, 3.8) is 0 Å². The molecule has 0 aromatic heterocycles. The Morgan fingerprint density at radius 2 is 1.85 bits per heavy atom. The summed E-state index contributed by atoms with van der Waals surface area (Å²) in [4.78, 5) is 14.5. The minimum Gasteiger partial charge on any atom is -0.395 e. The maximum Gasteiger partial charge on any atom is 0.176 e. The average molecular weight is 277 g/mol. The fourth-order valence-corrected chi connectivity index (χ4v) is 2.51. The molecule has 0 fully saturated rings. The van der Waals surface area contributed by atoms with E-state index in [2.05, 4.69) is 18.7 Å². The zero-order chi connectivity index (χ0) is 15.1. The highest BCUT2D eigenvalue weighted by atomic mass is 16.3.